The lowest BCUT2D eigenvalue weighted by molar-refractivity contribution is 0.0572. The van der Waals surface area contributed by atoms with Crippen molar-refractivity contribution >= 4 is 11.6 Å². The smallest absolute Gasteiger partial charge is 0.241 e. The molecule has 20 heavy (non-hydrogen) atoms. The van der Waals surface area contributed by atoms with Crippen LogP contribution >= 0.6 is 11.6 Å². The zero-order valence-corrected chi connectivity index (χ0v) is 11.4. The average molecular weight is 296 g/mol. The van der Waals surface area contributed by atoms with E-state index in [2.05, 4.69) is 10.1 Å². The number of likely N-dealkylation sites (tertiary alicyclic amines) is 1. The molecule has 2 N–H and O–H groups in total. The van der Waals surface area contributed by atoms with Crippen molar-refractivity contribution in [1.82, 2.24) is 15.0 Å². The fraction of sp³-hybridized carbons (Fsp3) is 0.385. The Kier molecular flexibility index (Phi) is 3.71. The number of benzene rings is 1. The van der Waals surface area contributed by atoms with Crippen LogP contribution in [-0.4, -0.2) is 50.6 Å². The van der Waals surface area contributed by atoms with Gasteiger partial charge in [-0.15, -0.1) is 0 Å². The van der Waals surface area contributed by atoms with Crippen LogP contribution in [0.2, 0.25) is 5.02 Å². The standard InChI is InChI=1S/C13H14ClN3O3/c14-9-3-1-8(2-4-9)13-15-12(20-16-13)7-17-5-10(18)11(19)6-17/h1-4,10-11,18-19H,5-7H2. The lowest BCUT2D eigenvalue weighted by Gasteiger charge is -2.10. The largest absolute Gasteiger partial charge is 0.389 e. The van der Waals surface area contributed by atoms with Gasteiger partial charge in [0.1, 0.15) is 0 Å². The van der Waals surface area contributed by atoms with Crippen LogP contribution in [0, 0.1) is 0 Å². The maximum absolute atomic E-state index is 9.48. The third-order valence-corrected chi connectivity index (χ3v) is 3.52. The van der Waals surface area contributed by atoms with Gasteiger partial charge in [-0.3, -0.25) is 4.90 Å². The predicted octanol–water partition coefficient (Wildman–Crippen LogP) is 0.927. The highest BCUT2D eigenvalue weighted by Crippen LogP contribution is 2.20. The molecule has 0 amide bonds. The lowest BCUT2D eigenvalue weighted by atomic mass is 10.2. The summed E-state index contributed by atoms with van der Waals surface area (Å²) in [6.07, 6.45) is -1.43. The third kappa shape index (κ3) is 2.83. The highest BCUT2D eigenvalue weighted by Gasteiger charge is 2.30. The molecule has 106 valence electrons. The number of rotatable bonds is 3. The molecule has 1 aromatic heterocycles. The molecule has 0 bridgehead atoms. The van der Waals surface area contributed by atoms with Gasteiger partial charge in [0.05, 0.1) is 18.8 Å². The predicted molar refractivity (Wildman–Crippen MR) is 72.0 cm³/mol. The number of hydrogen-bond acceptors (Lipinski definition) is 6. The van der Waals surface area contributed by atoms with E-state index >= 15 is 0 Å². The highest BCUT2D eigenvalue weighted by molar-refractivity contribution is 6.30. The first kappa shape index (κ1) is 13.5. The fourth-order valence-corrected chi connectivity index (χ4v) is 2.33. The number of hydrogen-bond donors (Lipinski definition) is 2. The van der Waals surface area contributed by atoms with E-state index in [1.165, 1.54) is 0 Å². The molecule has 2 atom stereocenters. The van der Waals surface area contributed by atoms with E-state index in [0.29, 0.717) is 36.4 Å². The Hall–Kier alpha value is -1.47. The van der Waals surface area contributed by atoms with Gasteiger partial charge in [-0.1, -0.05) is 16.8 Å². The zero-order chi connectivity index (χ0) is 14.1. The van der Waals surface area contributed by atoms with Gasteiger partial charge in [0, 0.05) is 23.7 Å². The molecule has 1 aliphatic rings. The maximum atomic E-state index is 9.48. The van der Waals surface area contributed by atoms with E-state index in [0.717, 1.165) is 5.56 Å². The minimum Gasteiger partial charge on any atom is -0.389 e. The molecule has 1 fully saturated rings. The van der Waals surface area contributed by atoms with Crippen LogP contribution < -0.4 is 0 Å². The van der Waals surface area contributed by atoms with Crippen molar-refractivity contribution in [2.45, 2.75) is 18.8 Å². The van der Waals surface area contributed by atoms with Crippen LogP contribution in [-0.2, 0) is 6.54 Å². The molecule has 1 aliphatic heterocycles. The van der Waals surface area contributed by atoms with Gasteiger partial charge in [0.25, 0.3) is 0 Å². The molecule has 6 nitrogen and oxygen atoms in total. The van der Waals surface area contributed by atoms with E-state index in [1.54, 1.807) is 12.1 Å². The van der Waals surface area contributed by atoms with Gasteiger partial charge in [-0.05, 0) is 24.3 Å². The molecule has 2 unspecified atom stereocenters. The first-order valence-electron chi connectivity index (χ1n) is 6.29. The molecular weight excluding hydrogens is 282 g/mol. The first-order chi connectivity index (χ1) is 9.61. The van der Waals surface area contributed by atoms with E-state index in [9.17, 15) is 10.2 Å². The molecule has 2 heterocycles. The van der Waals surface area contributed by atoms with Crippen molar-refractivity contribution in [3.63, 3.8) is 0 Å². The molecule has 1 saturated heterocycles. The van der Waals surface area contributed by atoms with Crippen molar-refractivity contribution < 1.29 is 14.7 Å². The van der Waals surface area contributed by atoms with E-state index in [4.69, 9.17) is 16.1 Å². The Morgan fingerprint density at radius 2 is 1.85 bits per heavy atom. The zero-order valence-electron chi connectivity index (χ0n) is 10.6. The Morgan fingerprint density at radius 3 is 2.50 bits per heavy atom. The van der Waals surface area contributed by atoms with Crippen molar-refractivity contribution in [2.75, 3.05) is 13.1 Å². The summed E-state index contributed by atoms with van der Waals surface area (Å²) in [5, 5.41) is 23.5. The van der Waals surface area contributed by atoms with E-state index in [1.807, 2.05) is 17.0 Å². The summed E-state index contributed by atoms with van der Waals surface area (Å²) in [7, 11) is 0. The third-order valence-electron chi connectivity index (χ3n) is 3.26. The van der Waals surface area contributed by atoms with Gasteiger partial charge >= 0.3 is 0 Å². The normalized spacial score (nSPS) is 23.4. The second kappa shape index (κ2) is 5.49. The number of aliphatic hydroxyl groups is 2. The highest BCUT2D eigenvalue weighted by atomic mass is 35.5. The van der Waals surface area contributed by atoms with Gasteiger partial charge < -0.3 is 14.7 Å². The van der Waals surface area contributed by atoms with Crippen LogP contribution in [0.3, 0.4) is 0 Å². The van der Waals surface area contributed by atoms with Crippen LogP contribution in [0.15, 0.2) is 28.8 Å². The Labute approximate surface area is 120 Å². The lowest BCUT2D eigenvalue weighted by Crippen LogP contribution is -2.22. The van der Waals surface area contributed by atoms with Gasteiger partial charge in [0.15, 0.2) is 0 Å². The molecule has 0 saturated carbocycles. The Bertz CT molecular complexity index is 577. The van der Waals surface area contributed by atoms with Gasteiger partial charge in [0.2, 0.25) is 11.7 Å². The molecule has 0 spiro atoms. The topological polar surface area (TPSA) is 82.6 Å². The van der Waals surface area contributed by atoms with Crippen molar-refractivity contribution in [3.05, 3.63) is 35.2 Å². The van der Waals surface area contributed by atoms with Crippen molar-refractivity contribution in [3.8, 4) is 11.4 Å². The quantitative estimate of drug-likeness (QED) is 0.876. The summed E-state index contributed by atoms with van der Waals surface area (Å²) in [6, 6.07) is 7.17. The van der Waals surface area contributed by atoms with E-state index in [-0.39, 0.29) is 0 Å². The summed E-state index contributed by atoms with van der Waals surface area (Å²) < 4.78 is 5.18. The number of β-amino-alcohol motifs (C(OH)–C–C–N with tert-alkyl or cyclic N) is 2. The van der Waals surface area contributed by atoms with Crippen LogP contribution in [0.1, 0.15) is 5.89 Å². The fourth-order valence-electron chi connectivity index (χ4n) is 2.20. The Morgan fingerprint density at radius 1 is 1.20 bits per heavy atom. The molecule has 1 aromatic carbocycles. The minimum absolute atomic E-state index is 0.403. The molecule has 2 aromatic rings. The van der Waals surface area contributed by atoms with E-state index < -0.39 is 12.2 Å². The number of aromatic nitrogens is 2. The number of nitrogens with zero attached hydrogens (tertiary/aromatic N) is 3. The summed E-state index contributed by atoms with van der Waals surface area (Å²) in [4.78, 5) is 6.17. The molecule has 0 aliphatic carbocycles. The summed E-state index contributed by atoms with van der Waals surface area (Å²) >= 11 is 5.83. The number of aliphatic hydroxyl groups excluding tert-OH is 2. The molecular formula is C13H14ClN3O3. The first-order valence-corrected chi connectivity index (χ1v) is 6.66. The molecule has 0 radical (unpaired) electrons. The summed E-state index contributed by atoms with van der Waals surface area (Å²) in [5.74, 6) is 0.952. The van der Waals surface area contributed by atoms with Crippen molar-refractivity contribution in [1.29, 1.82) is 0 Å². The number of halogens is 1. The molecule has 7 heteroatoms. The second-order valence-corrected chi connectivity index (χ2v) is 5.28. The van der Waals surface area contributed by atoms with Gasteiger partial charge in [-0.25, -0.2) is 0 Å². The maximum Gasteiger partial charge on any atom is 0.241 e. The minimum atomic E-state index is -0.714. The van der Waals surface area contributed by atoms with Crippen molar-refractivity contribution in [2.24, 2.45) is 0 Å². The van der Waals surface area contributed by atoms with Gasteiger partial charge in [-0.2, -0.15) is 4.98 Å². The van der Waals surface area contributed by atoms with Crippen LogP contribution in [0.4, 0.5) is 0 Å². The SMILES string of the molecule is OC1CN(Cc2nc(-c3ccc(Cl)cc3)no2)CC1O. The average Bonchev–Trinajstić information content (AvgIpc) is 2.99. The summed E-state index contributed by atoms with van der Waals surface area (Å²) in [5.41, 5.74) is 0.825. The van der Waals surface area contributed by atoms with Crippen LogP contribution in [0.25, 0.3) is 11.4 Å². The monoisotopic (exact) mass is 295 g/mol. The summed E-state index contributed by atoms with van der Waals surface area (Å²) in [6.45, 7) is 1.22. The second-order valence-electron chi connectivity index (χ2n) is 4.85. The van der Waals surface area contributed by atoms with Crippen LogP contribution in [0.5, 0.6) is 0 Å². The Balaban J connectivity index is 1.69. The molecule has 3 rings (SSSR count).